The van der Waals surface area contributed by atoms with Crippen LogP contribution >= 0.6 is 8.53 Å². The van der Waals surface area contributed by atoms with Crippen molar-refractivity contribution >= 4 is 31.5 Å². The topological polar surface area (TPSA) is 184 Å². The van der Waals surface area contributed by atoms with Crippen LogP contribution in [0.2, 0.25) is 0 Å². The quantitative estimate of drug-likeness (QED) is 0.0489. The predicted octanol–water partition coefficient (Wildman–Crippen LogP) is 7.07. The maximum Gasteiger partial charge on any atom is 0.280 e. The number of aromatic nitrogens is 4. The van der Waals surface area contributed by atoms with Crippen LogP contribution in [0.15, 0.2) is 90.0 Å². The van der Waals surface area contributed by atoms with Crippen molar-refractivity contribution in [2.75, 3.05) is 39.4 Å². The van der Waals surface area contributed by atoms with Crippen LogP contribution in [-0.2, 0) is 33.7 Å². The Morgan fingerprint density at radius 2 is 1.60 bits per heavy atom. The van der Waals surface area contributed by atoms with Crippen LogP contribution in [0.5, 0.6) is 11.5 Å². The standard InChI is InChI=1S/C45H54N7O9P/c1-28(2)40(53)49-43-48-39-36(41(54)50-43)47-27-51(39)42-37(61-62(59-24-12-23-46)52(29(3)4)30(5)6)38-44(60-42,25-57-38)26-58-45(31-13-10-9-11-14-31,32-15-19-34(55-7)20-16-32)33-17-21-35(56-8)22-18-33/h9-11,13-22,27-30,37-38,42H,12,24-26H2,1-8H3,(H2,48,49,50,53,54)/t37-,38+,42-,44-,62?/m1/s1. The molecule has 2 fully saturated rings. The van der Waals surface area contributed by atoms with Crippen molar-refractivity contribution in [2.24, 2.45) is 5.92 Å². The summed E-state index contributed by atoms with van der Waals surface area (Å²) in [6.07, 6.45) is -0.904. The lowest BCUT2D eigenvalue weighted by Gasteiger charge is -2.47. The van der Waals surface area contributed by atoms with Crippen molar-refractivity contribution in [3.63, 3.8) is 0 Å². The summed E-state index contributed by atoms with van der Waals surface area (Å²) < 4.78 is 49.4. The van der Waals surface area contributed by atoms with E-state index in [-0.39, 0.29) is 67.3 Å². The van der Waals surface area contributed by atoms with E-state index in [0.29, 0.717) is 11.5 Å². The largest absolute Gasteiger partial charge is 0.497 e. The molecular formula is C45H54N7O9P. The Balaban J connectivity index is 1.35. The van der Waals surface area contributed by atoms with Crippen molar-refractivity contribution in [2.45, 2.75) is 89.7 Å². The lowest BCUT2D eigenvalue weighted by molar-refractivity contribution is -0.260. The van der Waals surface area contributed by atoms with Crippen LogP contribution in [0.3, 0.4) is 0 Å². The Morgan fingerprint density at radius 1 is 0.984 bits per heavy atom. The number of fused-ring (bicyclic) bond motifs is 2. The number of methoxy groups -OCH3 is 2. The average Bonchev–Trinajstić information content (AvgIpc) is 3.77. The maximum atomic E-state index is 13.4. The third-order valence-electron chi connectivity index (χ3n) is 11.0. The van der Waals surface area contributed by atoms with Gasteiger partial charge in [-0.15, -0.1) is 0 Å². The lowest BCUT2D eigenvalue weighted by atomic mass is 9.79. The summed E-state index contributed by atoms with van der Waals surface area (Å²) in [4.78, 5) is 37.9. The van der Waals surface area contributed by atoms with Gasteiger partial charge in [0, 0.05) is 18.0 Å². The first-order valence-corrected chi connectivity index (χ1v) is 21.8. The monoisotopic (exact) mass is 867 g/mol. The number of amides is 1. The molecule has 5 atom stereocenters. The highest BCUT2D eigenvalue weighted by atomic mass is 31.2. The van der Waals surface area contributed by atoms with E-state index in [0.717, 1.165) is 16.7 Å². The Bertz CT molecular complexity index is 2350. The fraction of sp³-hybridized carbons (Fsp3) is 0.444. The molecule has 0 bridgehead atoms. The number of hydrogen-bond donors (Lipinski definition) is 2. The first-order valence-electron chi connectivity index (χ1n) is 20.7. The van der Waals surface area contributed by atoms with Crippen molar-refractivity contribution in [1.82, 2.24) is 24.2 Å². The SMILES string of the molecule is COc1ccc(C(OC[C@]23CO[C@H]2[C@@H](OP(OCCC#N)N(C(C)C)C(C)C)[C@H](n2cnc4c(=O)[nH]c(NC(=O)C(C)C)nc42)O3)(c2ccccc2)c2ccc(OC)cc2)cc1. The molecule has 2 saturated heterocycles. The number of aromatic amines is 1. The summed E-state index contributed by atoms with van der Waals surface area (Å²) in [5, 5.41) is 12.1. The summed E-state index contributed by atoms with van der Waals surface area (Å²) in [6.45, 7) is 12.0. The number of carbonyl (C=O) groups is 1. The first kappa shape index (κ1) is 44.8. The molecule has 2 aromatic heterocycles. The highest BCUT2D eigenvalue weighted by Crippen LogP contribution is 2.56. The van der Waals surface area contributed by atoms with Gasteiger partial charge in [-0.2, -0.15) is 10.2 Å². The summed E-state index contributed by atoms with van der Waals surface area (Å²) in [5.41, 5.74) is -0.0714. The Labute approximate surface area is 362 Å². The van der Waals surface area contributed by atoms with Crippen LogP contribution in [0, 0.1) is 17.2 Å². The normalized spacial score (nSPS) is 20.3. The number of nitrogens with zero attached hydrogens (tertiary/aromatic N) is 5. The van der Waals surface area contributed by atoms with Crippen LogP contribution in [0.1, 0.15) is 70.9 Å². The molecule has 328 valence electrons. The van der Waals surface area contributed by atoms with E-state index in [9.17, 15) is 14.9 Å². The van der Waals surface area contributed by atoms with Crippen LogP contribution < -0.4 is 20.3 Å². The van der Waals surface area contributed by atoms with Crippen LogP contribution in [-0.4, -0.2) is 94.0 Å². The average molecular weight is 868 g/mol. The molecule has 0 radical (unpaired) electrons. The molecule has 4 heterocycles. The Morgan fingerprint density at radius 3 is 2.13 bits per heavy atom. The zero-order valence-corrected chi connectivity index (χ0v) is 37.1. The molecule has 17 heteroatoms. The summed E-state index contributed by atoms with van der Waals surface area (Å²) in [5.74, 6) is 0.660. The predicted molar refractivity (Wildman–Crippen MR) is 233 cm³/mol. The van der Waals surface area contributed by atoms with Gasteiger partial charge in [-0.3, -0.25) is 24.5 Å². The second kappa shape index (κ2) is 19.0. The van der Waals surface area contributed by atoms with Crippen LogP contribution in [0.4, 0.5) is 5.95 Å². The van der Waals surface area contributed by atoms with E-state index >= 15 is 0 Å². The van der Waals surface area contributed by atoms with Gasteiger partial charge in [0.15, 0.2) is 17.4 Å². The van der Waals surface area contributed by atoms with Crippen molar-refractivity contribution in [1.29, 1.82) is 5.26 Å². The van der Waals surface area contributed by atoms with Crippen LogP contribution in [0.25, 0.3) is 11.2 Å². The molecule has 0 aliphatic carbocycles. The molecule has 5 aromatic rings. The maximum absolute atomic E-state index is 13.4. The Kier molecular flexibility index (Phi) is 13.7. The second-order valence-corrected chi connectivity index (χ2v) is 17.5. The molecule has 2 aliphatic heterocycles. The molecule has 2 aliphatic rings. The highest BCUT2D eigenvalue weighted by Gasteiger charge is 2.65. The molecule has 2 N–H and O–H groups in total. The van der Waals surface area contributed by atoms with E-state index in [1.807, 2.05) is 78.9 Å². The molecule has 0 spiro atoms. The van der Waals surface area contributed by atoms with Crippen molar-refractivity contribution < 1.29 is 37.5 Å². The number of rotatable bonds is 19. The van der Waals surface area contributed by atoms with E-state index in [2.05, 4.69) is 58.7 Å². The zero-order chi connectivity index (χ0) is 44.2. The van der Waals surface area contributed by atoms with E-state index in [1.54, 1.807) is 32.6 Å². The van der Waals surface area contributed by atoms with Gasteiger partial charge in [0.25, 0.3) is 14.1 Å². The lowest BCUT2D eigenvalue weighted by Crippen LogP contribution is -2.62. The van der Waals surface area contributed by atoms with E-state index in [1.165, 1.54) is 6.33 Å². The minimum absolute atomic E-state index is 0.00118. The van der Waals surface area contributed by atoms with Gasteiger partial charge in [-0.05, 0) is 68.7 Å². The molecule has 16 nitrogen and oxygen atoms in total. The van der Waals surface area contributed by atoms with Crippen molar-refractivity contribution in [3.8, 4) is 17.6 Å². The van der Waals surface area contributed by atoms with E-state index in [4.69, 9.17) is 32.7 Å². The molecule has 3 aromatic carbocycles. The number of ether oxygens (including phenoxy) is 5. The van der Waals surface area contributed by atoms with Gasteiger partial charge in [0.05, 0.1) is 52.9 Å². The molecule has 62 heavy (non-hydrogen) atoms. The number of H-pyrrole nitrogens is 1. The molecule has 1 amide bonds. The molecule has 1 unspecified atom stereocenters. The van der Waals surface area contributed by atoms with E-state index < -0.39 is 43.7 Å². The Hall–Kier alpha value is -5.24. The molecular weight excluding hydrogens is 814 g/mol. The smallest absolute Gasteiger partial charge is 0.280 e. The zero-order valence-electron chi connectivity index (χ0n) is 36.2. The highest BCUT2D eigenvalue weighted by molar-refractivity contribution is 7.44. The third-order valence-corrected chi connectivity index (χ3v) is 13.1. The minimum Gasteiger partial charge on any atom is -0.497 e. The molecule has 7 rings (SSSR count). The first-order chi connectivity index (χ1) is 29.8. The number of benzene rings is 3. The van der Waals surface area contributed by atoms with Crippen molar-refractivity contribution in [3.05, 3.63) is 112 Å². The molecule has 0 saturated carbocycles. The number of nitriles is 1. The van der Waals surface area contributed by atoms with Gasteiger partial charge in [-0.1, -0.05) is 68.4 Å². The van der Waals surface area contributed by atoms with Gasteiger partial charge in [-0.25, -0.2) is 9.65 Å². The fourth-order valence-electron chi connectivity index (χ4n) is 7.93. The summed E-state index contributed by atoms with van der Waals surface area (Å²) in [7, 11) is 1.44. The third kappa shape index (κ3) is 8.71. The number of anilines is 1. The van der Waals surface area contributed by atoms with Gasteiger partial charge < -0.3 is 32.7 Å². The number of carbonyl (C=O) groups excluding carboxylic acids is 1. The minimum atomic E-state index is -1.81. The van der Waals surface area contributed by atoms with Gasteiger partial charge >= 0.3 is 0 Å². The van der Waals surface area contributed by atoms with Gasteiger partial charge in [0.2, 0.25) is 11.9 Å². The number of imidazole rings is 1. The number of hydrogen-bond acceptors (Lipinski definition) is 13. The fourth-order valence-corrected chi connectivity index (χ4v) is 9.66. The summed E-state index contributed by atoms with van der Waals surface area (Å²) >= 11 is 0. The second-order valence-electron chi connectivity index (χ2n) is 16.1. The van der Waals surface area contributed by atoms with Gasteiger partial charge in [0.1, 0.15) is 34.9 Å². The summed E-state index contributed by atoms with van der Waals surface area (Å²) in [6, 6.07) is 27.7. The number of nitrogens with one attached hydrogen (secondary N) is 2.